The number of nitrogens with one attached hydrogen (secondary N) is 1. The highest BCUT2D eigenvalue weighted by Crippen LogP contribution is 2.30. The number of carbonyl (C=O) groups is 1. The highest BCUT2D eigenvalue weighted by Gasteiger charge is 2.48. The first-order valence-electron chi connectivity index (χ1n) is 6.36. The molecule has 0 bridgehead atoms. The van der Waals surface area contributed by atoms with Gasteiger partial charge in [-0.1, -0.05) is 6.42 Å². The van der Waals surface area contributed by atoms with Gasteiger partial charge in [-0.2, -0.15) is 0 Å². The van der Waals surface area contributed by atoms with Crippen LogP contribution in [0.3, 0.4) is 0 Å². The first-order chi connectivity index (χ1) is 8.29. The zero-order valence-corrected chi connectivity index (χ0v) is 10.1. The van der Waals surface area contributed by atoms with Gasteiger partial charge in [-0.15, -0.1) is 0 Å². The highest BCUT2D eigenvalue weighted by molar-refractivity contribution is 5.79. The van der Waals surface area contributed by atoms with Gasteiger partial charge in [0, 0.05) is 13.0 Å². The molecule has 2 saturated heterocycles. The second-order valence-corrected chi connectivity index (χ2v) is 5.11. The molecule has 3 rings (SSSR count). The van der Waals surface area contributed by atoms with Crippen LogP contribution in [-0.4, -0.2) is 50.6 Å². The molecular weight excluding hydrogens is 222 g/mol. The Kier molecular flexibility index (Phi) is 3.06. The molecule has 0 aromatic carbocycles. The minimum atomic E-state index is -0.0380. The summed E-state index contributed by atoms with van der Waals surface area (Å²) < 4.78 is 16.6. The lowest BCUT2D eigenvalue weighted by atomic mass is 9.84. The van der Waals surface area contributed by atoms with Crippen LogP contribution < -0.4 is 5.32 Å². The number of ether oxygens (including phenoxy) is 3. The van der Waals surface area contributed by atoms with Crippen LogP contribution in [0.4, 0.5) is 0 Å². The van der Waals surface area contributed by atoms with E-state index in [0.717, 1.165) is 12.8 Å². The molecule has 3 aliphatic rings. The van der Waals surface area contributed by atoms with Gasteiger partial charge in [0.15, 0.2) is 0 Å². The smallest absolute Gasteiger partial charge is 0.223 e. The first kappa shape index (κ1) is 11.4. The van der Waals surface area contributed by atoms with Crippen molar-refractivity contribution in [3.05, 3.63) is 0 Å². The molecule has 0 aromatic heterocycles. The number of amides is 1. The Morgan fingerprint density at radius 1 is 1.24 bits per heavy atom. The molecule has 5 heteroatoms. The van der Waals surface area contributed by atoms with Crippen molar-refractivity contribution in [3.8, 4) is 0 Å². The summed E-state index contributed by atoms with van der Waals surface area (Å²) in [5, 5.41) is 3.05. The monoisotopic (exact) mass is 241 g/mol. The minimum Gasteiger partial charge on any atom is -0.376 e. The lowest BCUT2D eigenvalue weighted by Crippen LogP contribution is -2.47. The van der Waals surface area contributed by atoms with Gasteiger partial charge in [-0.25, -0.2) is 0 Å². The van der Waals surface area contributed by atoms with E-state index in [-0.39, 0.29) is 36.2 Å². The van der Waals surface area contributed by atoms with E-state index in [0.29, 0.717) is 13.2 Å². The van der Waals surface area contributed by atoms with Gasteiger partial charge in [0.25, 0.3) is 0 Å². The first-order valence-corrected chi connectivity index (χ1v) is 6.36. The maximum absolute atomic E-state index is 11.9. The van der Waals surface area contributed by atoms with Crippen LogP contribution >= 0.6 is 0 Å². The molecule has 0 unspecified atom stereocenters. The van der Waals surface area contributed by atoms with E-state index in [1.807, 2.05) is 0 Å². The topological polar surface area (TPSA) is 56.8 Å². The molecule has 2 aliphatic heterocycles. The Morgan fingerprint density at radius 3 is 2.65 bits per heavy atom. The fraction of sp³-hybridized carbons (Fsp3) is 0.917. The summed E-state index contributed by atoms with van der Waals surface area (Å²) >= 11 is 0. The van der Waals surface area contributed by atoms with Crippen molar-refractivity contribution < 1.29 is 19.0 Å². The van der Waals surface area contributed by atoms with Crippen LogP contribution in [0, 0.1) is 5.92 Å². The normalized spacial score (nSPS) is 41.0. The second kappa shape index (κ2) is 4.55. The van der Waals surface area contributed by atoms with Crippen LogP contribution in [-0.2, 0) is 19.0 Å². The molecule has 1 saturated carbocycles. The molecule has 0 radical (unpaired) electrons. The van der Waals surface area contributed by atoms with Crippen molar-refractivity contribution in [1.82, 2.24) is 5.32 Å². The molecule has 1 aliphatic carbocycles. The van der Waals surface area contributed by atoms with E-state index < -0.39 is 0 Å². The van der Waals surface area contributed by atoms with Gasteiger partial charge < -0.3 is 19.5 Å². The quantitative estimate of drug-likeness (QED) is 0.760. The minimum absolute atomic E-state index is 0.00519. The van der Waals surface area contributed by atoms with E-state index in [4.69, 9.17) is 14.2 Å². The summed E-state index contributed by atoms with van der Waals surface area (Å²) in [6, 6.07) is -0.00625. The van der Waals surface area contributed by atoms with Crippen LogP contribution in [0.5, 0.6) is 0 Å². The van der Waals surface area contributed by atoms with Crippen molar-refractivity contribution in [2.45, 2.75) is 43.6 Å². The lowest BCUT2D eigenvalue weighted by molar-refractivity contribution is -0.128. The van der Waals surface area contributed by atoms with Crippen LogP contribution in [0.1, 0.15) is 19.3 Å². The predicted octanol–water partition coefficient (Wildman–Crippen LogP) is 0.0839. The highest BCUT2D eigenvalue weighted by atomic mass is 16.6. The Bertz CT molecular complexity index is 305. The molecule has 96 valence electrons. The van der Waals surface area contributed by atoms with Crippen molar-refractivity contribution in [2.24, 2.45) is 5.92 Å². The standard InChI is InChI=1S/C12H19NO4/c1-15-9-6-17-10-8(5-16-11(9)10)13-12(14)7-3-2-4-7/h7-11H,2-6H2,1H3,(H,13,14)/t8-,9+,10+,11+/m0/s1. The van der Waals surface area contributed by atoms with Gasteiger partial charge in [-0.05, 0) is 12.8 Å². The summed E-state index contributed by atoms with van der Waals surface area (Å²) in [7, 11) is 1.67. The maximum Gasteiger partial charge on any atom is 0.223 e. The van der Waals surface area contributed by atoms with Gasteiger partial charge in [0.05, 0.1) is 19.3 Å². The number of hydrogen-bond acceptors (Lipinski definition) is 4. The molecule has 5 nitrogen and oxygen atoms in total. The predicted molar refractivity (Wildman–Crippen MR) is 59.5 cm³/mol. The molecule has 1 amide bonds. The number of carbonyl (C=O) groups excluding carboxylic acids is 1. The second-order valence-electron chi connectivity index (χ2n) is 5.11. The zero-order valence-electron chi connectivity index (χ0n) is 10.1. The third-order valence-corrected chi connectivity index (χ3v) is 4.11. The molecule has 17 heavy (non-hydrogen) atoms. The fourth-order valence-electron chi connectivity index (χ4n) is 2.76. The number of rotatable bonds is 3. The van der Waals surface area contributed by atoms with Gasteiger partial charge in [0.2, 0.25) is 5.91 Å². The average molecular weight is 241 g/mol. The van der Waals surface area contributed by atoms with E-state index in [9.17, 15) is 4.79 Å². The van der Waals surface area contributed by atoms with E-state index in [1.165, 1.54) is 6.42 Å². The van der Waals surface area contributed by atoms with Crippen LogP contribution in [0.2, 0.25) is 0 Å². The molecule has 0 aromatic rings. The Morgan fingerprint density at radius 2 is 2.00 bits per heavy atom. The van der Waals surface area contributed by atoms with Crippen LogP contribution in [0.25, 0.3) is 0 Å². The Hall–Kier alpha value is -0.650. The summed E-state index contributed by atoms with van der Waals surface area (Å²) in [6.07, 6.45) is 3.17. The molecule has 0 spiro atoms. The van der Waals surface area contributed by atoms with Crippen molar-refractivity contribution >= 4 is 5.91 Å². The van der Waals surface area contributed by atoms with E-state index in [1.54, 1.807) is 7.11 Å². The van der Waals surface area contributed by atoms with Gasteiger partial charge >= 0.3 is 0 Å². The largest absolute Gasteiger partial charge is 0.376 e. The van der Waals surface area contributed by atoms with Gasteiger partial charge in [-0.3, -0.25) is 4.79 Å². The lowest BCUT2D eigenvalue weighted by Gasteiger charge is -2.27. The van der Waals surface area contributed by atoms with Crippen molar-refractivity contribution in [2.75, 3.05) is 20.3 Å². The van der Waals surface area contributed by atoms with E-state index in [2.05, 4.69) is 5.32 Å². The third kappa shape index (κ3) is 1.96. The van der Waals surface area contributed by atoms with Crippen LogP contribution in [0.15, 0.2) is 0 Å². The Labute approximate surface area is 101 Å². The third-order valence-electron chi connectivity index (χ3n) is 4.11. The Balaban J connectivity index is 1.56. The summed E-state index contributed by atoms with van der Waals surface area (Å²) in [4.78, 5) is 11.9. The molecule has 3 fully saturated rings. The fourth-order valence-corrected chi connectivity index (χ4v) is 2.76. The van der Waals surface area contributed by atoms with Crippen molar-refractivity contribution in [3.63, 3.8) is 0 Å². The average Bonchev–Trinajstić information content (AvgIpc) is 2.78. The summed E-state index contributed by atoms with van der Waals surface area (Å²) in [5.41, 5.74) is 0. The number of fused-ring (bicyclic) bond motifs is 1. The summed E-state index contributed by atoms with van der Waals surface area (Å²) in [5.74, 6) is 0.378. The molecule has 2 heterocycles. The molecule has 1 N–H and O–H groups in total. The SMILES string of the molecule is CO[C@@H]1CO[C@H]2[C@@H]1OC[C@@H]2NC(=O)C1CCC1. The zero-order chi connectivity index (χ0) is 11.8. The number of methoxy groups -OCH3 is 1. The maximum atomic E-state index is 11.9. The van der Waals surface area contributed by atoms with Crippen molar-refractivity contribution in [1.29, 1.82) is 0 Å². The summed E-state index contributed by atoms with van der Waals surface area (Å²) in [6.45, 7) is 1.09. The number of hydrogen-bond donors (Lipinski definition) is 1. The van der Waals surface area contributed by atoms with Gasteiger partial charge in [0.1, 0.15) is 18.3 Å². The molecule has 4 atom stereocenters. The molecular formula is C12H19NO4. The van der Waals surface area contributed by atoms with E-state index >= 15 is 0 Å².